The lowest BCUT2D eigenvalue weighted by molar-refractivity contribution is -0.117. The first-order chi connectivity index (χ1) is 15.8. The summed E-state index contributed by atoms with van der Waals surface area (Å²) in [5, 5.41) is 3.09. The van der Waals surface area contributed by atoms with Gasteiger partial charge in [-0.3, -0.25) is 9.69 Å². The molecule has 1 aliphatic rings. The fourth-order valence-electron chi connectivity index (χ4n) is 4.19. The van der Waals surface area contributed by atoms with Crippen molar-refractivity contribution in [1.29, 1.82) is 0 Å². The Kier molecular flexibility index (Phi) is 8.83. The molecule has 33 heavy (non-hydrogen) atoms. The van der Waals surface area contributed by atoms with E-state index in [0.29, 0.717) is 13.1 Å². The van der Waals surface area contributed by atoms with E-state index in [9.17, 15) is 13.2 Å². The number of amides is 1. The quantitative estimate of drug-likeness (QED) is 0.567. The minimum Gasteiger partial charge on any atom is -0.350 e. The van der Waals surface area contributed by atoms with Crippen molar-refractivity contribution in [3.63, 3.8) is 0 Å². The first-order valence-corrected chi connectivity index (χ1v) is 13.1. The number of piperidine rings is 1. The molecule has 2 aromatic rings. The number of hydrogen-bond donors (Lipinski definition) is 1. The highest BCUT2D eigenvalue weighted by molar-refractivity contribution is 7.89. The van der Waals surface area contributed by atoms with Crippen molar-refractivity contribution < 1.29 is 13.2 Å². The third-order valence-corrected chi connectivity index (χ3v) is 8.14. The van der Waals surface area contributed by atoms with E-state index in [2.05, 4.69) is 41.4 Å². The summed E-state index contributed by atoms with van der Waals surface area (Å²) in [5.74, 6) is -0.119. The van der Waals surface area contributed by atoms with Crippen LogP contribution in [-0.2, 0) is 21.4 Å². The largest absolute Gasteiger partial charge is 0.350 e. The van der Waals surface area contributed by atoms with Crippen LogP contribution in [-0.4, -0.2) is 55.8 Å². The lowest BCUT2D eigenvalue weighted by Gasteiger charge is -2.32. The van der Waals surface area contributed by atoms with Crippen LogP contribution in [0.3, 0.4) is 0 Å². The maximum absolute atomic E-state index is 12.6. The van der Waals surface area contributed by atoms with E-state index >= 15 is 0 Å². The van der Waals surface area contributed by atoms with Gasteiger partial charge in [0.05, 0.1) is 4.90 Å². The number of hydrogen-bond acceptors (Lipinski definition) is 4. The smallest absolute Gasteiger partial charge is 0.244 e. The van der Waals surface area contributed by atoms with Crippen molar-refractivity contribution in [1.82, 2.24) is 14.5 Å². The molecule has 0 atom stereocenters. The van der Waals surface area contributed by atoms with E-state index in [0.717, 1.165) is 38.0 Å². The number of rotatable bonds is 9. The Hall–Kier alpha value is -2.48. The third kappa shape index (κ3) is 7.00. The van der Waals surface area contributed by atoms with E-state index in [1.807, 2.05) is 13.8 Å². The molecule has 178 valence electrons. The van der Waals surface area contributed by atoms with Gasteiger partial charge in [-0.1, -0.05) is 55.8 Å². The monoisotopic (exact) mass is 469 g/mol. The van der Waals surface area contributed by atoms with E-state index < -0.39 is 10.0 Å². The Morgan fingerprint density at radius 3 is 2.36 bits per heavy atom. The summed E-state index contributed by atoms with van der Waals surface area (Å²) < 4.78 is 26.6. The first kappa shape index (κ1) is 25.1. The number of nitrogens with one attached hydrogen (secondary N) is 1. The molecule has 0 unspecified atom stereocenters. The van der Waals surface area contributed by atoms with Crippen LogP contribution >= 0.6 is 0 Å². The topological polar surface area (TPSA) is 69.7 Å². The van der Waals surface area contributed by atoms with E-state index in [4.69, 9.17) is 0 Å². The highest BCUT2D eigenvalue weighted by Crippen LogP contribution is 2.17. The average Bonchev–Trinajstić information content (AvgIpc) is 2.80. The van der Waals surface area contributed by atoms with Crippen molar-refractivity contribution in [3.05, 3.63) is 71.3 Å². The molecule has 2 aromatic carbocycles. The molecule has 3 rings (SSSR count). The van der Waals surface area contributed by atoms with Gasteiger partial charge in [-0.25, -0.2) is 8.42 Å². The maximum Gasteiger partial charge on any atom is 0.244 e. The number of likely N-dealkylation sites (tertiary alicyclic amines) is 1. The lowest BCUT2D eigenvalue weighted by atomic mass is 10.0. The van der Waals surface area contributed by atoms with Crippen LogP contribution in [0.2, 0.25) is 0 Å². The summed E-state index contributed by atoms with van der Waals surface area (Å²) in [6.07, 6.45) is 5.11. The number of aryl methyl sites for hydroxylation is 1. The Morgan fingerprint density at radius 2 is 1.76 bits per heavy atom. The minimum atomic E-state index is -3.47. The molecule has 7 heteroatoms. The van der Waals surface area contributed by atoms with Crippen LogP contribution in [0.1, 0.15) is 43.4 Å². The molecular weight excluding hydrogens is 434 g/mol. The second kappa shape index (κ2) is 11.6. The SMILES string of the molecule is CCN(CC)S(=O)(=O)c1ccc(/C=C/C(=O)NC2CCN(Cc3cccc(C)c3)CC2)cc1. The lowest BCUT2D eigenvalue weighted by Crippen LogP contribution is -2.43. The highest BCUT2D eigenvalue weighted by Gasteiger charge is 2.21. The maximum atomic E-state index is 12.6. The molecule has 6 nitrogen and oxygen atoms in total. The van der Waals surface area contributed by atoms with Crippen molar-refractivity contribution in [2.75, 3.05) is 26.2 Å². The normalized spacial score (nSPS) is 15.9. The fourth-order valence-corrected chi connectivity index (χ4v) is 5.65. The van der Waals surface area contributed by atoms with Crippen LogP contribution in [0.4, 0.5) is 0 Å². The Labute approximate surface area is 198 Å². The van der Waals surface area contributed by atoms with Crippen LogP contribution < -0.4 is 5.32 Å². The molecule has 0 aliphatic carbocycles. The van der Waals surface area contributed by atoms with Crippen LogP contribution in [0.15, 0.2) is 59.5 Å². The zero-order valence-corrected chi connectivity index (χ0v) is 20.6. The molecule has 1 saturated heterocycles. The summed E-state index contributed by atoms with van der Waals surface area (Å²) in [5.41, 5.74) is 3.40. The Morgan fingerprint density at radius 1 is 1.09 bits per heavy atom. The van der Waals surface area contributed by atoms with Gasteiger partial charge in [0.2, 0.25) is 15.9 Å². The predicted octanol–water partition coefficient (Wildman–Crippen LogP) is 3.82. The summed E-state index contributed by atoms with van der Waals surface area (Å²) >= 11 is 0. The predicted molar refractivity (Wildman–Crippen MR) is 133 cm³/mol. The zero-order valence-electron chi connectivity index (χ0n) is 19.8. The molecule has 1 fully saturated rings. The molecule has 0 aromatic heterocycles. The van der Waals surface area contributed by atoms with Gasteiger partial charge in [0, 0.05) is 44.8 Å². The average molecular weight is 470 g/mol. The number of nitrogens with zero attached hydrogens (tertiary/aromatic N) is 2. The molecule has 1 heterocycles. The van der Waals surface area contributed by atoms with Crippen molar-refractivity contribution >= 4 is 22.0 Å². The first-order valence-electron chi connectivity index (χ1n) is 11.7. The van der Waals surface area contributed by atoms with Crippen molar-refractivity contribution in [2.45, 2.75) is 51.1 Å². The fraction of sp³-hybridized carbons (Fsp3) is 0.423. The molecule has 1 N–H and O–H groups in total. The van der Waals surface area contributed by atoms with E-state index in [-0.39, 0.29) is 16.8 Å². The van der Waals surface area contributed by atoms with Crippen molar-refractivity contribution in [3.8, 4) is 0 Å². The molecule has 0 spiro atoms. The van der Waals surface area contributed by atoms with E-state index in [1.54, 1.807) is 30.3 Å². The van der Waals surface area contributed by atoms with Gasteiger partial charge < -0.3 is 5.32 Å². The molecule has 1 aliphatic heterocycles. The summed E-state index contributed by atoms with van der Waals surface area (Å²) in [6, 6.07) is 15.4. The van der Waals surface area contributed by atoms with Crippen LogP contribution in [0.25, 0.3) is 6.08 Å². The number of sulfonamides is 1. The second-order valence-corrected chi connectivity index (χ2v) is 10.5. The van der Waals surface area contributed by atoms with Gasteiger partial charge in [-0.05, 0) is 49.1 Å². The van der Waals surface area contributed by atoms with Gasteiger partial charge in [0.25, 0.3) is 0 Å². The highest BCUT2D eigenvalue weighted by atomic mass is 32.2. The zero-order chi connectivity index (χ0) is 23.8. The molecule has 0 saturated carbocycles. The van der Waals surface area contributed by atoms with Crippen LogP contribution in [0.5, 0.6) is 0 Å². The second-order valence-electron chi connectivity index (χ2n) is 8.54. The van der Waals surface area contributed by atoms with E-state index in [1.165, 1.54) is 21.5 Å². The van der Waals surface area contributed by atoms with Crippen molar-refractivity contribution in [2.24, 2.45) is 0 Å². The number of carbonyl (C=O) groups is 1. The number of carbonyl (C=O) groups excluding carboxylic acids is 1. The standard InChI is InChI=1S/C26H35N3O3S/c1-4-29(5-2)33(31,32)25-12-9-22(10-13-25)11-14-26(30)27-24-15-17-28(18-16-24)20-23-8-6-7-21(3)19-23/h6-14,19,24H,4-5,15-18,20H2,1-3H3,(H,27,30)/b14-11+. The van der Waals surface area contributed by atoms with Gasteiger partial charge in [-0.15, -0.1) is 0 Å². The third-order valence-electron chi connectivity index (χ3n) is 6.07. The van der Waals surface area contributed by atoms with Gasteiger partial charge in [-0.2, -0.15) is 4.31 Å². The molecule has 0 bridgehead atoms. The van der Waals surface area contributed by atoms with Gasteiger partial charge in [0.15, 0.2) is 0 Å². The van der Waals surface area contributed by atoms with Gasteiger partial charge in [0.1, 0.15) is 0 Å². The van der Waals surface area contributed by atoms with Crippen LogP contribution in [0, 0.1) is 6.92 Å². The molecular formula is C26H35N3O3S. The summed E-state index contributed by atoms with van der Waals surface area (Å²) in [7, 11) is -3.47. The Balaban J connectivity index is 1.47. The van der Waals surface area contributed by atoms with Gasteiger partial charge >= 0.3 is 0 Å². The summed E-state index contributed by atoms with van der Waals surface area (Å²) in [6.45, 7) is 9.51. The minimum absolute atomic E-state index is 0.119. The molecule has 1 amide bonds. The molecule has 0 radical (unpaired) electrons. The number of benzene rings is 2. The Bertz CT molecular complexity index is 1050. The summed E-state index contributed by atoms with van der Waals surface area (Å²) in [4.78, 5) is 15.1.